The molecule has 0 atom stereocenters. The number of rotatable bonds is 6. The van der Waals surface area contributed by atoms with E-state index >= 15 is 0 Å². The molecule has 0 fully saturated rings. The van der Waals surface area contributed by atoms with Crippen molar-refractivity contribution < 1.29 is 33.7 Å². The molecule has 2 aromatic carbocycles. The quantitative estimate of drug-likeness (QED) is 0.377. The topological polar surface area (TPSA) is 172 Å². The molecule has 0 unspecified atom stereocenters. The molecule has 0 aliphatic rings. The number of anilines is 3. The second kappa shape index (κ2) is 10.0. The summed E-state index contributed by atoms with van der Waals surface area (Å²) in [5.74, 6) is -1.89. The Balaban J connectivity index is 2.29. The highest BCUT2D eigenvalue weighted by molar-refractivity contribution is 5.98. The van der Waals surface area contributed by atoms with E-state index in [0.29, 0.717) is 15.2 Å². The molecule has 3 aromatic rings. The lowest BCUT2D eigenvalue weighted by Gasteiger charge is -2.23. The van der Waals surface area contributed by atoms with Crippen LogP contribution in [0.1, 0.15) is 13.8 Å². The maximum absolute atomic E-state index is 13.1. The fraction of sp³-hybridized carbons (Fsp3) is 0.174. The third-order valence-corrected chi connectivity index (χ3v) is 4.91. The Morgan fingerprint density at radius 2 is 1.53 bits per heavy atom. The van der Waals surface area contributed by atoms with Crippen molar-refractivity contribution >= 4 is 35.2 Å². The Kier molecular flexibility index (Phi) is 7.13. The summed E-state index contributed by atoms with van der Waals surface area (Å²) < 4.78 is 16.8. The van der Waals surface area contributed by atoms with Crippen molar-refractivity contribution in [2.24, 2.45) is 7.05 Å². The van der Waals surface area contributed by atoms with Gasteiger partial charge in [-0.3, -0.25) is 19.0 Å². The van der Waals surface area contributed by atoms with Crippen LogP contribution in [0, 0.1) is 0 Å². The third kappa shape index (κ3) is 4.89. The summed E-state index contributed by atoms with van der Waals surface area (Å²) in [5.41, 5.74) is 3.89. The Hall–Kier alpha value is -5.07. The molecule has 13 heteroatoms. The molecular formula is C23H22N4O9. The largest absolute Gasteiger partial charge is 0.497 e. The first-order chi connectivity index (χ1) is 17.0. The first-order valence-corrected chi connectivity index (χ1v) is 10.3. The van der Waals surface area contributed by atoms with E-state index in [1.807, 2.05) is 0 Å². The second-order valence-electron chi connectivity index (χ2n) is 7.35. The van der Waals surface area contributed by atoms with E-state index in [1.54, 1.807) is 12.1 Å². The number of hydrogen-bond donors (Lipinski definition) is 2. The first kappa shape index (κ1) is 25.6. The summed E-state index contributed by atoms with van der Waals surface area (Å²) >= 11 is 0. The van der Waals surface area contributed by atoms with Gasteiger partial charge in [0, 0.05) is 27.0 Å². The smallest absolute Gasteiger partial charge is 0.416 e. The molecule has 3 N–H and O–H groups in total. The number of carbonyl (C=O) groups is 3. The van der Waals surface area contributed by atoms with Gasteiger partial charge in [-0.05, 0) is 36.4 Å². The summed E-state index contributed by atoms with van der Waals surface area (Å²) in [6.07, 6.45) is -1.63. The lowest BCUT2D eigenvalue weighted by molar-refractivity contribution is -0.134. The van der Waals surface area contributed by atoms with E-state index < -0.39 is 40.8 Å². The first-order valence-electron chi connectivity index (χ1n) is 10.3. The van der Waals surface area contributed by atoms with Gasteiger partial charge >= 0.3 is 23.7 Å². The van der Waals surface area contributed by atoms with Crippen LogP contribution >= 0.6 is 0 Å². The van der Waals surface area contributed by atoms with Crippen LogP contribution in [0.2, 0.25) is 0 Å². The van der Waals surface area contributed by atoms with Gasteiger partial charge in [-0.15, -0.1) is 0 Å². The van der Waals surface area contributed by atoms with Crippen molar-refractivity contribution in [1.82, 2.24) is 9.13 Å². The van der Waals surface area contributed by atoms with Gasteiger partial charge in [0.1, 0.15) is 11.6 Å². The zero-order valence-electron chi connectivity index (χ0n) is 19.7. The van der Waals surface area contributed by atoms with Crippen LogP contribution in [0.15, 0.2) is 52.1 Å². The number of methoxy groups -OCH3 is 1. The number of hydrogen-bond acceptors (Lipinski definition) is 9. The molecule has 1 amide bonds. The van der Waals surface area contributed by atoms with E-state index in [0.717, 1.165) is 24.5 Å². The van der Waals surface area contributed by atoms with E-state index in [1.165, 1.54) is 38.4 Å². The minimum absolute atomic E-state index is 0.157. The molecule has 0 aliphatic heterocycles. The van der Waals surface area contributed by atoms with E-state index in [4.69, 9.17) is 19.9 Å². The second-order valence-corrected chi connectivity index (χ2v) is 7.35. The van der Waals surface area contributed by atoms with Crippen LogP contribution in [0.3, 0.4) is 0 Å². The molecule has 1 heterocycles. The van der Waals surface area contributed by atoms with Gasteiger partial charge in [-0.25, -0.2) is 19.1 Å². The fourth-order valence-corrected chi connectivity index (χ4v) is 3.35. The Labute approximate surface area is 203 Å². The monoisotopic (exact) mass is 498 g/mol. The van der Waals surface area contributed by atoms with Crippen molar-refractivity contribution in [3.63, 3.8) is 0 Å². The number of nitrogens with two attached hydrogens (primary N) is 1. The molecule has 36 heavy (non-hydrogen) atoms. The molecular weight excluding hydrogens is 476 g/mol. The predicted octanol–water partition coefficient (Wildman–Crippen LogP) is 1.79. The maximum atomic E-state index is 13.1. The van der Waals surface area contributed by atoms with Crippen molar-refractivity contribution in [3.05, 3.63) is 63.3 Å². The number of nitrogen functional groups attached to an aromatic ring is 1. The van der Waals surface area contributed by atoms with Crippen molar-refractivity contribution in [2.75, 3.05) is 17.7 Å². The highest BCUT2D eigenvalue weighted by Crippen LogP contribution is 2.36. The Morgan fingerprint density at radius 1 is 0.944 bits per heavy atom. The van der Waals surface area contributed by atoms with Gasteiger partial charge < -0.3 is 25.1 Å². The molecule has 0 aliphatic carbocycles. The zero-order chi connectivity index (χ0) is 26.7. The van der Waals surface area contributed by atoms with Gasteiger partial charge in [-0.1, -0.05) is 0 Å². The molecule has 1 aromatic heterocycles. The molecule has 0 radical (unpaired) electrons. The molecule has 0 bridgehead atoms. The lowest BCUT2D eigenvalue weighted by Crippen LogP contribution is -2.43. The van der Waals surface area contributed by atoms with Crippen molar-refractivity contribution in [3.8, 4) is 22.9 Å². The molecule has 188 valence electrons. The highest BCUT2D eigenvalue weighted by atomic mass is 16.6. The standard InChI is InChI=1S/C23H22N4O9/c1-12(28)35-17-10-7-15(11-18(17)36-13(2)29)26(23(32)33)19-20(24)27(22(31)25(3)21(19)30)14-5-8-16(34-4)9-6-14/h5-11H,24H2,1-4H3,(H,32,33). The van der Waals surface area contributed by atoms with E-state index in [9.17, 15) is 29.1 Å². The summed E-state index contributed by atoms with van der Waals surface area (Å²) in [6, 6.07) is 9.59. The molecule has 0 spiro atoms. The van der Waals surface area contributed by atoms with Crippen LogP contribution in [0.4, 0.5) is 22.0 Å². The van der Waals surface area contributed by atoms with Crippen LogP contribution in [0.5, 0.6) is 17.2 Å². The lowest BCUT2D eigenvalue weighted by atomic mass is 10.2. The van der Waals surface area contributed by atoms with Crippen LogP contribution < -0.4 is 36.1 Å². The molecule has 3 rings (SSSR count). The van der Waals surface area contributed by atoms with Gasteiger partial charge in [0.05, 0.1) is 18.5 Å². The molecule has 0 saturated carbocycles. The average Bonchev–Trinajstić information content (AvgIpc) is 2.81. The van der Waals surface area contributed by atoms with E-state index in [2.05, 4.69) is 0 Å². The van der Waals surface area contributed by atoms with Crippen LogP contribution in [-0.4, -0.2) is 39.4 Å². The van der Waals surface area contributed by atoms with Crippen LogP contribution in [-0.2, 0) is 16.6 Å². The number of amides is 1. The number of nitrogens with zero attached hydrogens (tertiary/aromatic N) is 3. The summed E-state index contributed by atoms with van der Waals surface area (Å²) in [7, 11) is 2.63. The van der Waals surface area contributed by atoms with Gasteiger partial charge in [0.25, 0.3) is 5.56 Å². The number of aromatic nitrogens is 2. The zero-order valence-corrected chi connectivity index (χ0v) is 19.7. The predicted molar refractivity (Wildman–Crippen MR) is 127 cm³/mol. The maximum Gasteiger partial charge on any atom is 0.416 e. The SMILES string of the molecule is COc1ccc(-n2c(N)c(N(C(=O)O)c3ccc(OC(C)=O)c(OC(C)=O)c3)c(=O)n(C)c2=O)cc1. The third-order valence-electron chi connectivity index (χ3n) is 4.91. The summed E-state index contributed by atoms with van der Waals surface area (Å²) in [4.78, 5) is 61.8. The van der Waals surface area contributed by atoms with Gasteiger partial charge in [-0.2, -0.15) is 0 Å². The number of esters is 2. The fourth-order valence-electron chi connectivity index (χ4n) is 3.35. The van der Waals surface area contributed by atoms with Gasteiger partial charge in [0.2, 0.25) is 0 Å². The van der Waals surface area contributed by atoms with Crippen molar-refractivity contribution in [1.29, 1.82) is 0 Å². The van der Waals surface area contributed by atoms with Crippen LogP contribution in [0.25, 0.3) is 5.69 Å². The minimum Gasteiger partial charge on any atom is -0.497 e. The number of carbonyl (C=O) groups excluding carboxylic acids is 2. The normalized spacial score (nSPS) is 10.4. The van der Waals surface area contributed by atoms with E-state index in [-0.39, 0.29) is 22.9 Å². The minimum atomic E-state index is -1.63. The Bertz CT molecular complexity index is 1470. The average molecular weight is 498 g/mol. The van der Waals surface area contributed by atoms with Crippen molar-refractivity contribution in [2.45, 2.75) is 13.8 Å². The molecule has 0 saturated heterocycles. The summed E-state index contributed by atoms with van der Waals surface area (Å²) in [6.45, 7) is 2.22. The van der Waals surface area contributed by atoms with Gasteiger partial charge in [0.15, 0.2) is 17.2 Å². The highest BCUT2D eigenvalue weighted by Gasteiger charge is 2.28. The number of ether oxygens (including phenoxy) is 3. The number of carboxylic acid groups (broad SMARTS) is 1. The summed E-state index contributed by atoms with van der Waals surface area (Å²) in [5, 5.41) is 10.0. The number of benzene rings is 2. The molecule has 13 nitrogen and oxygen atoms in total. The Morgan fingerprint density at radius 3 is 2.06 bits per heavy atom.